The Morgan fingerprint density at radius 1 is 1.08 bits per heavy atom. The van der Waals surface area contributed by atoms with E-state index in [9.17, 15) is 0 Å². The van der Waals surface area contributed by atoms with Crippen molar-refractivity contribution in [3.63, 3.8) is 0 Å². The Hall–Kier alpha value is -2.06. The molecule has 13 heavy (non-hydrogen) atoms. The van der Waals surface area contributed by atoms with Crippen molar-refractivity contribution in [1.82, 2.24) is 0 Å². The van der Waals surface area contributed by atoms with Crippen molar-refractivity contribution in [2.24, 2.45) is 5.92 Å². The Bertz CT molecular complexity index is 351. The predicted molar refractivity (Wildman–Crippen MR) is 50.2 cm³/mol. The summed E-state index contributed by atoms with van der Waals surface area (Å²) in [6.45, 7) is 0. The largest absolute Gasteiger partial charge is 0.197 e. The Labute approximate surface area is 77.4 Å². The van der Waals surface area contributed by atoms with E-state index in [1.807, 2.05) is 42.5 Å². The Balaban J connectivity index is 2.71. The first-order chi connectivity index (χ1) is 6.36. The summed E-state index contributed by atoms with van der Waals surface area (Å²) in [7, 11) is 0. The second-order valence-corrected chi connectivity index (χ2v) is 2.51. The molecule has 0 heterocycles. The average Bonchev–Trinajstić information content (AvgIpc) is 2.21. The van der Waals surface area contributed by atoms with E-state index in [1.54, 1.807) is 12.2 Å². The lowest BCUT2D eigenvalue weighted by Crippen LogP contribution is -1.84. The normalized spacial score (nSPS) is 9.77. The molecule has 0 N–H and O–H groups in total. The lowest BCUT2D eigenvalue weighted by molar-refractivity contribution is 1.10. The summed E-state index contributed by atoms with van der Waals surface area (Å²) >= 11 is 0. The second-order valence-electron chi connectivity index (χ2n) is 2.51. The molecule has 0 bridgehead atoms. The molecule has 0 saturated heterocycles. The van der Waals surface area contributed by atoms with E-state index >= 15 is 0 Å². The summed E-state index contributed by atoms with van der Waals surface area (Å²) < 4.78 is 0. The summed E-state index contributed by atoms with van der Waals surface area (Å²) in [6, 6.07) is 13.3. The third kappa shape index (κ3) is 2.81. The quantitative estimate of drug-likeness (QED) is 0.680. The number of allylic oxidation sites excluding steroid dienone is 1. The zero-order valence-corrected chi connectivity index (χ0v) is 7.01. The molecular weight excluding hydrogens is 160 g/mol. The zero-order valence-electron chi connectivity index (χ0n) is 7.01. The molecular formula is C11H8N2. The fourth-order valence-corrected chi connectivity index (χ4v) is 0.886. The first kappa shape index (κ1) is 9.03. The van der Waals surface area contributed by atoms with Crippen molar-refractivity contribution in [1.29, 1.82) is 10.5 Å². The van der Waals surface area contributed by atoms with Crippen LogP contribution in [0.4, 0.5) is 0 Å². The Morgan fingerprint density at radius 3 is 2.23 bits per heavy atom. The minimum Gasteiger partial charge on any atom is -0.197 e. The van der Waals surface area contributed by atoms with E-state index < -0.39 is 5.92 Å². The molecule has 0 amide bonds. The lowest BCUT2D eigenvalue weighted by atomic mass is 10.1. The van der Waals surface area contributed by atoms with Crippen LogP contribution in [0.1, 0.15) is 5.56 Å². The van der Waals surface area contributed by atoms with Gasteiger partial charge >= 0.3 is 0 Å². The maximum atomic E-state index is 8.48. The van der Waals surface area contributed by atoms with Crippen molar-refractivity contribution in [3.8, 4) is 12.1 Å². The standard InChI is InChI=1S/C11H8N2/c12-8-11(9-13)7-6-10-4-2-1-3-5-10/h1-7,11H. The Kier molecular flexibility index (Phi) is 3.30. The zero-order chi connectivity index (χ0) is 9.52. The number of rotatable bonds is 2. The molecule has 2 nitrogen and oxygen atoms in total. The first-order valence-corrected chi connectivity index (χ1v) is 3.89. The van der Waals surface area contributed by atoms with Crippen LogP contribution < -0.4 is 0 Å². The van der Waals surface area contributed by atoms with Crippen molar-refractivity contribution < 1.29 is 0 Å². The summed E-state index contributed by atoms with van der Waals surface area (Å²) in [6.07, 6.45) is 3.37. The van der Waals surface area contributed by atoms with E-state index in [1.165, 1.54) is 0 Å². The highest BCUT2D eigenvalue weighted by atomic mass is 14.3. The van der Waals surface area contributed by atoms with E-state index in [-0.39, 0.29) is 0 Å². The van der Waals surface area contributed by atoms with E-state index in [0.29, 0.717) is 0 Å². The molecule has 0 radical (unpaired) electrons. The van der Waals surface area contributed by atoms with Gasteiger partial charge < -0.3 is 0 Å². The van der Waals surface area contributed by atoms with Gasteiger partial charge in [0.25, 0.3) is 0 Å². The minimum absolute atomic E-state index is 0.653. The average molecular weight is 168 g/mol. The Morgan fingerprint density at radius 2 is 1.69 bits per heavy atom. The number of hydrogen-bond donors (Lipinski definition) is 0. The monoisotopic (exact) mass is 168 g/mol. The smallest absolute Gasteiger partial charge is 0.151 e. The van der Waals surface area contributed by atoms with Gasteiger partial charge in [0.1, 0.15) is 0 Å². The molecule has 0 atom stereocenters. The summed E-state index contributed by atoms with van der Waals surface area (Å²) in [5, 5.41) is 17.0. The van der Waals surface area contributed by atoms with Gasteiger partial charge in [-0.1, -0.05) is 42.5 Å². The molecule has 1 aromatic carbocycles. The van der Waals surface area contributed by atoms with E-state index in [0.717, 1.165) is 5.56 Å². The third-order valence-electron chi connectivity index (χ3n) is 1.56. The van der Waals surface area contributed by atoms with Gasteiger partial charge in [-0.2, -0.15) is 10.5 Å². The second kappa shape index (κ2) is 4.74. The molecule has 1 aromatic rings. The van der Waals surface area contributed by atoms with Crippen LogP contribution in [0.25, 0.3) is 6.08 Å². The fourth-order valence-electron chi connectivity index (χ4n) is 0.886. The van der Waals surface area contributed by atoms with Crippen molar-refractivity contribution in [2.45, 2.75) is 0 Å². The maximum Gasteiger partial charge on any atom is 0.151 e. The number of nitrogens with zero attached hydrogens (tertiary/aromatic N) is 2. The van der Waals surface area contributed by atoms with Crippen LogP contribution in [-0.2, 0) is 0 Å². The van der Waals surface area contributed by atoms with Crippen LogP contribution in [0, 0.1) is 28.6 Å². The summed E-state index contributed by atoms with van der Waals surface area (Å²) in [4.78, 5) is 0. The van der Waals surface area contributed by atoms with Crippen LogP contribution >= 0.6 is 0 Å². The van der Waals surface area contributed by atoms with Crippen LogP contribution in [0.2, 0.25) is 0 Å². The van der Waals surface area contributed by atoms with E-state index in [2.05, 4.69) is 0 Å². The molecule has 0 fully saturated rings. The van der Waals surface area contributed by atoms with Gasteiger partial charge in [0.05, 0.1) is 12.1 Å². The molecule has 1 rings (SSSR count). The topological polar surface area (TPSA) is 47.6 Å². The van der Waals surface area contributed by atoms with Crippen molar-refractivity contribution in [2.75, 3.05) is 0 Å². The van der Waals surface area contributed by atoms with Gasteiger partial charge in [-0.3, -0.25) is 0 Å². The third-order valence-corrected chi connectivity index (χ3v) is 1.56. The highest BCUT2D eigenvalue weighted by Crippen LogP contribution is 2.04. The van der Waals surface area contributed by atoms with Gasteiger partial charge in [-0.25, -0.2) is 0 Å². The maximum absolute atomic E-state index is 8.48. The molecule has 62 valence electrons. The van der Waals surface area contributed by atoms with Crippen molar-refractivity contribution >= 4 is 6.08 Å². The van der Waals surface area contributed by atoms with Gasteiger partial charge in [0.15, 0.2) is 5.92 Å². The van der Waals surface area contributed by atoms with Crippen molar-refractivity contribution in [3.05, 3.63) is 42.0 Å². The SMILES string of the molecule is N#CC(C#N)C=Cc1ccccc1. The molecule has 2 heteroatoms. The van der Waals surface area contributed by atoms with Crippen LogP contribution in [0.15, 0.2) is 36.4 Å². The van der Waals surface area contributed by atoms with Crippen LogP contribution in [-0.4, -0.2) is 0 Å². The number of nitriles is 2. The summed E-state index contributed by atoms with van der Waals surface area (Å²) in [5.41, 5.74) is 0.998. The predicted octanol–water partition coefficient (Wildman–Crippen LogP) is 2.36. The minimum atomic E-state index is -0.653. The van der Waals surface area contributed by atoms with Crippen LogP contribution in [0.3, 0.4) is 0 Å². The fraction of sp³-hybridized carbons (Fsp3) is 0.0909. The van der Waals surface area contributed by atoms with Crippen LogP contribution in [0.5, 0.6) is 0 Å². The molecule has 0 unspecified atom stereocenters. The molecule has 0 aliphatic carbocycles. The van der Waals surface area contributed by atoms with Gasteiger partial charge in [0, 0.05) is 0 Å². The number of hydrogen-bond acceptors (Lipinski definition) is 2. The first-order valence-electron chi connectivity index (χ1n) is 3.89. The molecule has 0 aliphatic rings. The van der Waals surface area contributed by atoms with E-state index in [4.69, 9.17) is 10.5 Å². The highest BCUT2D eigenvalue weighted by molar-refractivity contribution is 5.50. The van der Waals surface area contributed by atoms with Gasteiger partial charge in [-0.15, -0.1) is 0 Å². The van der Waals surface area contributed by atoms with Gasteiger partial charge in [-0.05, 0) is 5.56 Å². The van der Waals surface area contributed by atoms with Gasteiger partial charge in [0.2, 0.25) is 0 Å². The highest BCUT2D eigenvalue weighted by Gasteiger charge is 1.96. The molecule has 0 aliphatic heterocycles. The lowest BCUT2D eigenvalue weighted by Gasteiger charge is -1.91. The summed E-state index contributed by atoms with van der Waals surface area (Å²) in [5.74, 6) is -0.653. The molecule has 0 saturated carbocycles. The molecule has 0 spiro atoms. The number of benzene rings is 1. The molecule has 0 aromatic heterocycles.